The van der Waals surface area contributed by atoms with Crippen molar-refractivity contribution in [1.82, 2.24) is 9.97 Å². The highest BCUT2D eigenvalue weighted by Gasteiger charge is 2.11. The summed E-state index contributed by atoms with van der Waals surface area (Å²) in [6.45, 7) is 0. The minimum absolute atomic E-state index is 0.733. The highest BCUT2D eigenvalue weighted by molar-refractivity contribution is 6.32. The van der Waals surface area contributed by atoms with Crippen molar-refractivity contribution >= 4 is 13.3 Å². The summed E-state index contributed by atoms with van der Waals surface area (Å²) >= 11 is 0. The maximum absolute atomic E-state index is 4.92. The van der Waals surface area contributed by atoms with Crippen LogP contribution in [0.3, 0.4) is 0 Å². The molecule has 0 fully saturated rings. The van der Waals surface area contributed by atoms with Crippen LogP contribution in [-0.2, 0) is 0 Å². The van der Waals surface area contributed by atoms with Gasteiger partial charge in [-0.2, -0.15) is 0 Å². The molecular formula is C28H21BN2. The SMILES string of the molecule is Bc1ccc(-c2cc(-c3ccccc3)nc(-c3ccc(-c4ccccc4)cc3)n2)cc1. The summed E-state index contributed by atoms with van der Waals surface area (Å²) in [6, 6.07) is 39.7. The topological polar surface area (TPSA) is 25.8 Å². The van der Waals surface area contributed by atoms with Crippen molar-refractivity contribution in [3.8, 4) is 45.0 Å². The molecule has 0 saturated carbocycles. The quantitative estimate of drug-likeness (QED) is 0.380. The van der Waals surface area contributed by atoms with Crippen molar-refractivity contribution < 1.29 is 0 Å². The maximum atomic E-state index is 4.92. The number of hydrogen-bond donors (Lipinski definition) is 0. The lowest BCUT2D eigenvalue weighted by molar-refractivity contribution is 1.18. The molecule has 2 nitrogen and oxygen atoms in total. The summed E-state index contributed by atoms with van der Waals surface area (Å²) in [7, 11) is 2.10. The third kappa shape index (κ3) is 4.17. The zero-order valence-corrected chi connectivity index (χ0v) is 17.4. The maximum Gasteiger partial charge on any atom is 0.160 e. The molecule has 5 aromatic rings. The lowest BCUT2D eigenvalue weighted by Gasteiger charge is -2.10. The first-order valence-corrected chi connectivity index (χ1v) is 10.4. The molecule has 0 bridgehead atoms. The Labute approximate surface area is 183 Å². The van der Waals surface area contributed by atoms with Crippen molar-refractivity contribution in [1.29, 1.82) is 0 Å². The van der Waals surface area contributed by atoms with Crippen molar-refractivity contribution in [2.75, 3.05) is 0 Å². The van der Waals surface area contributed by atoms with Gasteiger partial charge in [0.1, 0.15) is 7.85 Å². The standard InChI is InChI=1S/C28H21BN2/c29-25-17-15-23(16-18-25)27-19-26(22-9-5-2-6-10-22)30-28(31-27)24-13-11-21(12-14-24)20-7-3-1-4-8-20/h1-19H,29H2. The fourth-order valence-electron chi connectivity index (χ4n) is 3.65. The Morgan fingerprint density at radius 2 is 0.839 bits per heavy atom. The molecule has 0 radical (unpaired) electrons. The van der Waals surface area contributed by atoms with E-state index in [1.54, 1.807) is 0 Å². The molecule has 0 N–H and O–H groups in total. The molecule has 0 unspecified atom stereocenters. The van der Waals surface area contributed by atoms with E-state index in [4.69, 9.17) is 9.97 Å². The van der Waals surface area contributed by atoms with Crippen LogP contribution in [0.25, 0.3) is 45.0 Å². The van der Waals surface area contributed by atoms with Crippen LogP contribution in [0.5, 0.6) is 0 Å². The van der Waals surface area contributed by atoms with Crippen LogP contribution in [-0.4, -0.2) is 17.8 Å². The lowest BCUT2D eigenvalue weighted by atomic mass is 9.94. The van der Waals surface area contributed by atoms with Crippen LogP contribution in [0.15, 0.2) is 115 Å². The van der Waals surface area contributed by atoms with Crippen LogP contribution in [0, 0.1) is 0 Å². The second kappa shape index (κ2) is 8.41. The predicted molar refractivity (Wildman–Crippen MR) is 132 cm³/mol. The first-order chi connectivity index (χ1) is 15.3. The highest BCUT2D eigenvalue weighted by atomic mass is 14.9. The minimum Gasteiger partial charge on any atom is -0.228 e. The average molecular weight is 396 g/mol. The first kappa shape index (κ1) is 19.0. The molecule has 0 aliphatic carbocycles. The van der Waals surface area contributed by atoms with Crippen molar-refractivity contribution in [3.05, 3.63) is 115 Å². The molecule has 0 saturated heterocycles. The zero-order chi connectivity index (χ0) is 21.0. The van der Waals surface area contributed by atoms with Crippen LogP contribution in [0.2, 0.25) is 0 Å². The van der Waals surface area contributed by atoms with E-state index in [1.807, 2.05) is 24.3 Å². The van der Waals surface area contributed by atoms with Gasteiger partial charge in [0.05, 0.1) is 11.4 Å². The van der Waals surface area contributed by atoms with Gasteiger partial charge in [-0.1, -0.05) is 115 Å². The summed E-state index contributed by atoms with van der Waals surface area (Å²) in [6.07, 6.45) is 0. The third-order valence-corrected chi connectivity index (χ3v) is 5.39. The van der Waals surface area contributed by atoms with Crippen LogP contribution >= 0.6 is 0 Å². The fourth-order valence-corrected chi connectivity index (χ4v) is 3.65. The second-order valence-corrected chi connectivity index (χ2v) is 7.64. The van der Waals surface area contributed by atoms with E-state index in [-0.39, 0.29) is 0 Å². The molecule has 3 heteroatoms. The van der Waals surface area contributed by atoms with E-state index in [0.29, 0.717) is 0 Å². The first-order valence-electron chi connectivity index (χ1n) is 10.4. The Morgan fingerprint density at radius 1 is 0.419 bits per heavy atom. The number of hydrogen-bond acceptors (Lipinski definition) is 2. The van der Waals surface area contributed by atoms with Gasteiger partial charge in [-0.15, -0.1) is 0 Å². The second-order valence-electron chi connectivity index (χ2n) is 7.64. The van der Waals surface area contributed by atoms with Crippen molar-refractivity contribution in [2.45, 2.75) is 0 Å². The minimum atomic E-state index is 0.733. The lowest BCUT2D eigenvalue weighted by Crippen LogP contribution is -2.00. The molecule has 1 aromatic heterocycles. The van der Waals surface area contributed by atoms with Gasteiger partial charge >= 0.3 is 0 Å². The average Bonchev–Trinajstić information content (AvgIpc) is 2.85. The van der Waals surface area contributed by atoms with Crippen molar-refractivity contribution in [3.63, 3.8) is 0 Å². The molecule has 0 spiro atoms. The van der Waals surface area contributed by atoms with E-state index >= 15 is 0 Å². The third-order valence-electron chi connectivity index (χ3n) is 5.39. The van der Waals surface area contributed by atoms with Gasteiger partial charge in [-0.3, -0.25) is 0 Å². The Morgan fingerprint density at radius 3 is 1.42 bits per heavy atom. The normalized spacial score (nSPS) is 10.7. The van der Waals surface area contributed by atoms with E-state index in [2.05, 4.69) is 98.8 Å². The molecule has 0 aliphatic heterocycles. The van der Waals surface area contributed by atoms with Crippen molar-refractivity contribution in [2.24, 2.45) is 0 Å². The Balaban J connectivity index is 1.60. The molecule has 31 heavy (non-hydrogen) atoms. The van der Waals surface area contributed by atoms with Gasteiger partial charge in [0, 0.05) is 16.7 Å². The number of benzene rings is 4. The molecule has 0 aliphatic rings. The number of nitrogens with zero attached hydrogens (tertiary/aromatic N) is 2. The molecule has 0 atom stereocenters. The van der Waals surface area contributed by atoms with Crippen LogP contribution < -0.4 is 5.46 Å². The van der Waals surface area contributed by atoms with Crippen LogP contribution in [0.1, 0.15) is 0 Å². The van der Waals surface area contributed by atoms with E-state index < -0.39 is 0 Å². The Kier molecular flexibility index (Phi) is 5.16. The summed E-state index contributed by atoms with van der Waals surface area (Å²) in [5.41, 5.74) is 8.65. The zero-order valence-electron chi connectivity index (χ0n) is 17.4. The van der Waals surface area contributed by atoms with Gasteiger partial charge < -0.3 is 0 Å². The Bertz CT molecular complexity index is 1300. The highest BCUT2D eigenvalue weighted by Crippen LogP contribution is 2.28. The van der Waals surface area contributed by atoms with Gasteiger partial charge in [0.25, 0.3) is 0 Å². The molecule has 0 amide bonds. The summed E-state index contributed by atoms with van der Waals surface area (Å²) in [4.78, 5) is 9.83. The van der Waals surface area contributed by atoms with Gasteiger partial charge in [-0.05, 0) is 17.2 Å². The summed E-state index contributed by atoms with van der Waals surface area (Å²) in [5, 5.41) is 0. The predicted octanol–water partition coefficient (Wildman–Crippen LogP) is 5.40. The molecule has 4 aromatic carbocycles. The molecule has 5 rings (SSSR count). The largest absolute Gasteiger partial charge is 0.228 e. The van der Waals surface area contributed by atoms with E-state index in [9.17, 15) is 0 Å². The monoisotopic (exact) mass is 396 g/mol. The Hall–Kier alpha value is -3.98. The molecule has 146 valence electrons. The molecular weight excluding hydrogens is 375 g/mol. The molecule has 1 heterocycles. The van der Waals surface area contributed by atoms with E-state index in [1.165, 1.54) is 16.6 Å². The van der Waals surface area contributed by atoms with Gasteiger partial charge in [-0.25, -0.2) is 9.97 Å². The van der Waals surface area contributed by atoms with E-state index in [0.717, 1.165) is 33.9 Å². The van der Waals surface area contributed by atoms with Crippen LogP contribution in [0.4, 0.5) is 0 Å². The van der Waals surface area contributed by atoms with Gasteiger partial charge in [0.2, 0.25) is 0 Å². The summed E-state index contributed by atoms with van der Waals surface area (Å²) in [5.74, 6) is 0.733. The summed E-state index contributed by atoms with van der Waals surface area (Å²) < 4.78 is 0. The fraction of sp³-hybridized carbons (Fsp3) is 0. The van der Waals surface area contributed by atoms with Gasteiger partial charge in [0.15, 0.2) is 5.82 Å². The number of aromatic nitrogens is 2. The number of rotatable bonds is 4. The smallest absolute Gasteiger partial charge is 0.160 e.